The van der Waals surface area contributed by atoms with Gasteiger partial charge in [-0.2, -0.15) is 0 Å². The monoisotopic (exact) mass is 430 g/mol. The fourth-order valence-corrected chi connectivity index (χ4v) is 3.88. The van der Waals surface area contributed by atoms with Crippen molar-refractivity contribution in [2.24, 2.45) is 0 Å². The van der Waals surface area contributed by atoms with Crippen LogP contribution in [0.15, 0.2) is 39.7 Å². The van der Waals surface area contributed by atoms with E-state index < -0.39 is 10.8 Å². The largest absolute Gasteiger partial charge is 0.342 e. The Morgan fingerprint density at radius 3 is 2.61 bits per heavy atom. The van der Waals surface area contributed by atoms with Gasteiger partial charge in [0, 0.05) is 17.1 Å². The SMILES string of the molecule is CCS(=O)c1ccc(Cc2nc3c(Cl)c(Br)c(Cl)cc3[nH]2)cc1. The van der Waals surface area contributed by atoms with E-state index in [9.17, 15) is 4.21 Å². The van der Waals surface area contributed by atoms with Gasteiger partial charge in [0.05, 0.1) is 30.8 Å². The molecule has 23 heavy (non-hydrogen) atoms. The molecule has 0 aliphatic rings. The maximum atomic E-state index is 11.8. The van der Waals surface area contributed by atoms with Gasteiger partial charge in [0.25, 0.3) is 0 Å². The Bertz CT molecular complexity index is 893. The molecule has 1 unspecified atom stereocenters. The van der Waals surface area contributed by atoms with Crippen molar-refractivity contribution in [3.63, 3.8) is 0 Å². The summed E-state index contributed by atoms with van der Waals surface area (Å²) >= 11 is 15.7. The highest BCUT2D eigenvalue weighted by molar-refractivity contribution is 9.10. The smallest absolute Gasteiger partial charge is 0.111 e. The van der Waals surface area contributed by atoms with Crippen molar-refractivity contribution in [2.45, 2.75) is 18.2 Å². The average Bonchev–Trinajstić information content (AvgIpc) is 2.95. The molecule has 1 atom stereocenters. The Morgan fingerprint density at radius 2 is 1.96 bits per heavy atom. The Labute approximate surface area is 155 Å². The number of halogens is 3. The standard InChI is InChI=1S/C16H13BrCl2N2OS/c1-2-23(22)10-5-3-9(4-6-10)7-13-20-12-8-11(18)14(17)15(19)16(12)21-13/h3-6,8H,2,7H2,1H3,(H,20,21). The molecule has 3 rings (SSSR count). The Hall–Kier alpha value is -0.880. The van der Waals surface area contributed by atoms with E-state index >= 15 is 0 Å². The Morgan fingerprint density at radius 1 is 1.26 bits per heavy atom. The second-order valence-corrected chi connectivity index (χ2v) is 8.34. The molecule has 1 aromatic heterocycles. The van der Waals surface area contributed by atoms with Crippen LogP contribution in [0.25, 0.3) is 11.0 Å². The van der Waals surface area contributed by atoms with Crippen LogP contribution < -0.4 is 0 Å². The number of aromatic nitrogens is 2. The summed E-state index contributed by atoms with van der Waals surface area (Å²) in [6.07, 6.45) is 0.638. The zero-order valence-corrected chi connectivity index (χ0v) is 16.1. The van der Waals surface area contributed by atoms with Gasteiger partial charge in [0.1, 0.15) is 11.3 Å². The number of H-pyrrole nitrogens is 1. The third-order valence-corrected chi connectivity index (χ3v) is 6.75. The van der Waals surface area contributed by atoms with E-state index in [4.69, 9.17) is 23.2 Å². The number of benzene rings is 2. The summed E-state index contributed by atoms with van der Waals surface area (Å²) in [5.41, 5.74) is 2.59. The van der Waals surface area contributed by atoms with Crippen molar-refractivity contribution >= 4 is 61.0 Å². The van der Waals surface area contributed by atoms with Crippen LogP contribution in [0.3, 0.4) is 0 Å². The van der Waals surface area contributed by atoms with Crippen molar-refractivity contribution < 1.29 is 4.21 Å². The predicted octanol–water partition coefficient (Wildman–Crippen LogP) is 5.35. The molecule has 0 saturated carbocycles. The van der Waals surface area contributed by atoms with Gasteiger partial charge >= 0.3 is 0 Å². The fourth-order valence-electron chi connectivity index (χ4n) is 2.31. The summed E-state index contributed by atoms with van der Waals surface area (Å²) in [6, 6.07) is 9.55. The molecule has 2 aromatic carbocycles. The summed E-state index contributed by atoms with van der Waals surface area (Å²) in [5.74, 6) is 1.43. The third kappa shape index (κ3) is 3.48. The minimum atomic E-state index is -0.927. The molecule has 0 spiro atoms. The van der Waals surface area contributed by atoms with Crippen molar-refractivity contribution in [3.8, 4) is 0 Å². The van der Waals surface area contributed by atoms with E-state index in [1.165, 1.54) is 0 Å². The molecular formula is C16H13BrCl2N2OS. The first-order chi connectivity index (χ1) is 11.0. The van der Waals surface area contributed by atoms with Crippen LogP contribution in [-0.2, 0) is 17.2 Å². The molecule has 0 bridgehead atoms. The van der Waals surface area contributed by atoms with E-state index in [0.29, 0.717) is 32.2 Å². The lowest BCUT2D eigenvalue weighted by Crippen LogP contribution is -1.95. The van der Waals surface area contributed by atoms with Gasteiger partial charge in [-0.25, -0.2) is 4.98 Å². The summed E-state index contributed by atoms with van der Waals surface area (Å²) in [4.78, 5) is 8.63. The molecule has 0 aliphatic heterocycles. The number of nitrogens with one attached hydrogen (secondary N) is 1. The van der Waals surface area contributed by atoms with Crippen LogP contribution in [-0.4, -0.2) is 19.9 Å². The minimum absolute atomic E-state index is 0.503. The highest BCUT2D eigenvalue weighted by atomic mass is 79.9. The summed E-state index contributed by atoms with van der Waals surface area (Å²) < 4.78 is 12.4. The summed E-state index contributed by atoms with van der Waals surface area (Å²) in [7, 11) is -0.927. The molecule has 0 amide bonds. The second kappa shape index (κ2) is 6.93. The van der Waals surface area contributed by atoms with Crippen molar-refractivity contribution in [2.75, 3.05) is 5.75 Å². The third-order valence-electron chi connectivity index (χ3n) is 3.48. The van der Waals surface area contributed by atoms with Gasteiger partial charge in [0.2, 0.25) is 0 Å². The highest BCUT2D eigenvalue weighted by Crippen LogP contribution is 2.36. The topological polar surface area (TPSA) is 45.8 Å². The fraction of sp³-hybridized carbons (Fsp3) is 0.188. The highest BCUT2D eigenvalue weighted by Gasteiger charge is 2.13. The maximum absolute atomic E-state index is 11.8. The maximum Gasteiger partial charge on any atom is 0.111 e. The molecule has 120 valence electrons. The number of aromatic amines is 1. The van der Waals surface area contributed by atoms with Crippen LogP contribution >= 0.6 is 39.1 Å². The minimum Gasteiger partial charge on any atom is -0.342 e. The molecule has 1 N–H and O–H groups in total. The Balaban J connectivity index is 1.90. The number of nitrogens with zero attached hydrogens (tertiary/aromatic N) is 1. The molecule has 0 fully saturated rings. The molecule has 0 saturated heterocycles. The van der Waals surface area contributed by atoms with Gasteiger partial charge in [-0.15, -0.1) is 0 Å². The number of fused-ring (bicyclic) bond motifs is 1. The van der Waals surface area contributed by atoms with Gasteiger partial charge in [-0.3, -0.25) is 4.21 Å². The molecule has 0 radical (unpaired) electrons. The van der Waals surface area contributed by atoms with Gasteiger partial charge < -0.3 is 4.98 Å². The molecular weight excluding hydrogens is 419 g/mol. The van der Waals surface area contributed by atoms with Crippen LogP contribution in [0, 0.1) is 0 Å². The molecule has 3 nitrogen and oxygen atoms in total. The number of imidazole rings is 1. The number of hydrogen-bond acceptors (Lipinski definition) is 2. The van der Waals surface area contributed by atoms with E-state index in [2.05, 4.69) is 25.9 Å². The summed E-state index contributed by atoms with van der Waals surface area (Å²) in [5, 5.41) is 1.05. The Kier molecular flexibility index (Phi) is 5.11. The zero-order valence-electron chi connectivity index (χ0n) is 12.2. The second-order valence-electron chi connectivity index (χ2n) is 5.02. The van der Waals surface area contributed by atoms with Gasteiger partial charge in [0.15, 0.2) is 0 Å². The van der Waals surface area contributed by atoms with Crippen LogP contribution in [0.4, 0.5) is 0 Å². The van der Waals surface area contributed by atoms with Crippen molar-refractivity contribution in [1.82, 2.24) is 9.97 Å². The van der Waals surface area contributed by atoms with Crippen LogP contribution in [0.1, 0.15) is 18.3 Å². The number of hydrogen-bond donors (Lipinski definition) is 1. The van der Waals surface area contributed by atoms with Gasteiger partial charge in [-0.1, -0.05) is 42.3 Å². The lowest BCUT2D eigenvalue weighted by Gasteiger charge is -2.01. The molecule has 3 aromatic rings. The zero-order chi connectivity index (χ0) is 16.6. The quantitative estimate of drug-likeness (QED) is 0.565. The average molecular weight is 432 g/mol. The van der Waals surface area contributed by atoms with E-state index in [1.807, 2.05) is 31.2 Å². The van der Waals surface area contributed by atoms with Crippen LogP contribution in [0.2, 0.25) is 10.0 Å². The lowest BCUT2D eigenvalue weighted by atomic mass is 10.1. The normalized spacial score (nSPS) is 12.7. The first-order valence-electron chi connectivity index (χ1n) is 6.99. The number of rotatable bonds is 4. The van der Waals surface area contributed by atoms with E-state index in [-0.39, 0.29) is 0 Å². The van der Waals surface area contributed by atoms with Gasteiger partial charge in [-0.05, 0) is 39.7 Å². The van der Waals surface area contributed by atoms with Crippen molar-refractivity contribution in [1.29, 1.82) is 0 Å². The predicted molar refractivity (Wildman–Crippen MR) is 100 cm³/mol. The first-order valence-corrected chi connectivity index (χ1v) is 9.85. The summed E-state index contributed by atoms with van der Waals surface area (Å²) in [6.45, 7) is 1.91. The molecule has 0 aliphatic carbocycles. The van der Waals surface area contributed by atoms with Crippen molar-refractivity contribution in [3.05, 3.63) is 56.2 Å². The molecule has 1 heterocycles. The molecule has 7 heteroatoms. The van der Waals surface area contributed by atoms with E-state index in [1.54, 1.807) is 6.07 Å². The first kappa shape index (κ1) is 17.0. The van der Waals surface area contributed by atoms with E-state index in [0.717, 1.165) is 21.8 Å². The van der Waals surface area contributed by atoms with Crippen LogP contribution in [0.5, 0.6) is 0 Å². The lowest BCUT2D eigenvalue weighted by molar-refractivity contribution is 0.684.